The first-order valence-corrected chi connectivity index (χ1v) is 8.29. The molecule has 0 bridgehead atoms. The quantitative estimate of drug-likeness (QED) is 0.938. The Kier molecular flexibility index (Phi) is 3.06. The summed E-state index contributed by atoms with van der Waals surface area (Å²) >= 11 is 1.79. The number of rotatable bonds is 4. The van der Waals surface area contributed by atoms with Gasteiger partial charge in [0.2, 0.25) is 0 Å². The summed E-state index contributed by atoms with van der Waals surface area (Å²) in [7, 11) is 0. The standard InChI is InChI=1S/C15H19N5S/c1-15(3-2-4-15)11-19-10-13(9-18-19)20-5-6-21-14(20)12-7-16-17-8-12/h5-10,14H,2-4,11H2,1H3,(H,16,17). The summed E-state index contributed by atoms with van der Waals surface area (Å²) in [5, 5.41) is 13.9. The van der Waals surface area contributed by atoms with Crippen molar-refractivity contribution >= 4 is 17.4 Å². The van der Waals surface area contributed by atoms with E-state index in [4.69, 9.17) is 0 Å². The molecule has 1 atom stereocenters. The van der Waals surface area contributed by atoms with Gasteiger partial charge in [0.1, 0.15) is 5.37 Å². The fourth-order valence-electron chi connectivity index (χ4n) is 3.08. The van der Waals surface area contributed by atoms with E-state index in [2.05, 4.69) is 49.6 Å². The number of H-pyrrole nitrogens is 1. The van der Waals surface area contributed by atoms with Crippen LogP contribution >= 0.6 is 11.8 Å². The number of nitrogens with zero attached hydrogens (tertiary/aromatic N) is 4. The summed E-state index contributed by atoms with van der Waals surface area (Å²) in [6.07, 6.45) is 14.1. The molecule has 21 heavy (non-hydrogen) atoms. The molecular formula is C15H19N5S. The van der Waals surface area contributed by atoms with E-state index in [9.17, 15) is 0 Å². The highest BCUT2D eigenvalue weighted by Gasteiger charge is 2.32. The predicted molar refractivity (Wildman–Crippen MR) is 84.7 cm³/mol. The number of anilines is 1. The van der Waals surface area contributed by atoms with Gasteiger partial charge >= 0.3 is 0 Å². The van der Waals surface area contributed by atoms with Gasteiger partial charge in [0.05, 0.1) is 18.1 Å². The maximum atomic E-state index is 4.55. The van der Waals surface area contributed by atoms with E-state index in [-0.39, 0.29) is 5.37 Å². The fourth-order valence-corrected chi connectivity index (χ4v) is 4.04. The number of hydrogen-bond donors (Lipinski definition) is 1. The van der Waals surface area contributed by atoms with Gasteiger partial charge in [-0.1, -0.05) is 13.3 Å². The molecule has 2 aromatic rings. The van der Waals surface area contributed by atoms with Crippen LogP contribution in [0.2, 0.25) is 0 Å². The first-order chi connectivity index (χ1) is 10.2. The molecule has 6 heteroatoms. The summed E-state index contributed by atoms with van der Waals surface area (Å²) < 4.78 is 2.09. The largest absolute Gasteiger partial charge is 0.328 e. The van der Waals surface area contributed by atoms with Crippen molar-refractivity contribution in [3.8, 4) is 0 Å². The lowest BCUT2D eigenvalue weighted by molar-refractivity contribution is 0.126. The van der Waals surface area contributed by atoms with E-state index in [1.54, 1.807) is 11.8 Å². The van der Waals surface area contributed by atoms with Crippen molar-refractivity contribution in [1.29, 1.82) is 0 Å². The number of aromatic amines is 1. The van der Waals surface area contributed by atoms with Crippen molar-refractivity contribution < 1.29 is 0 Å². The molecule has 3 heterocycles. The topological polar surface area (TPSA) is 49.7 Å². The number of hydrogen-bond acceptors (Lipinski definition) is 4. The van der Waals surface area contributed by atoms with Crippen LogP contribution in [-0.4, -0.2) is 20.0 Å². The second-order valence-corrected chi connectivity index (χ2v) is 7.26. The maximum Gasteiger partial charge on any atom is 0.112 e. The Morgan fingerprint density at radius 1 is 1.43 bits per heavy atom. The summed E-state index contributed by atoms with van der Waals surface area (Å²) in [4.78, 5) is 2.25. The molecule has 0 aromatic carbocycles. The van der Waals surface area contributed by atoms with Crippen molar-refractivity contribution in [2.45, 2.75) is 38.1 Å². The SMILES string of the molecule is CC1(Cn2cc(N3C=CSC3c3cn[nH]c3)cn2)CCC1. The zero-order chi connectivity index (χ0) is 14.3. The van der Waals surface area contributed by atoms with Gasteiger partial charge in [0.25, 0.3) is 0 Å². The van der Waals surface area contributed by atoms with E-state index in [1.807, 2.05) is 18.6 Å². The van der Waals surface area contributed by atoms with Gasteiger partial charge in [-0.25, -0.2) is 0 Å². The zero-order valence-electron chi connectivity index (χ0n) is 12.1. The molecule has 0 saturated heterocycles. The van der Waals surface area contributed by atoms with Crippen molar-refractivity contribution in [1.82, 2.24) is 20.0 Å². The lowest BCUT2D eigenvalue weighted by Gasteiger charge is -2.38. The zero-order valence-corrected chi connectivity index (χ0v) is 12.9. The van der Waals surface area contributed by atoms with Gasteiger partial charge in [-0.05, 0) is 23.7 Å². The summed E-state index contributed by atoms with van der Waals surface area (Å²) in [6.45, 7) is 3.38. The smallest absolute Gasteiger partial charge is 0.112 e. The van der Waals surface area contributed by atoms with Gasteiger partial charge in [-0.2, -0.15) is 10.2 Å². The van der Waals surface area contributed by atoms with Gasteiger partial charge < -0.3 is 4.90 Å². The highest BCUT2D eigenvalue weighted by molar-refractivity contribution is 8.02. The second kappa shape index (κ2) is 4.94. The van der Waals surface area contributed by atoms with Gasteiger partial charge in [-0.15, -0.1) is 11.8 Å². The molecule has 1 fully saturated rings. The molecular weight excluding hydrogens is 282 g/mol. The molecule has 1 aliphatic heterocycles. The normalized spacial score (nSPS) is 23.5. The summed E-state index contributed by atoms with van der Waals surface area (Å²) in [5.74, 6) is 0. The second-order valence-electron chi connectivity index (χ2n) is 6.27. The Morgan fingerprint density at radius 2 is 2.33 bits per heavy atom. The van der Waals surface area contributed by atoms with Crippen molar-refractivity contribution in [2.24, 2.45) is 5.41 Å². The van der Waals surface area contributed by atoms with Crippen LogP contribution < -0.4 is 4.90 Å². The van der Waals surface area contributed by atoms with E-state index in [1.165, 1.54) is 24.8 Å². The molecule has 0 radical (unpaired) electrons. The first-order valence-electron chi connectivity index (χ1n) is 7.35. The van der Waals surface area contributed by atoms with E-state index < -0.39 is 0 Å². The molecule has 2 aliphatic rings. The molecule has 1 saturated carbocycles. The minimum atomic E-state index is 0.251. The third kappa shape index (κ3) is 2.37. The van der Waals surface area contributed by atoms with Crippen LogP contribution in [0.5, 0.6) is 0 Å². The average Bonchev–Trinajstić information content (AvgIpc) is 3.17. The molecule has 0 amide bonds. The van der Waals surface area contributed by atoms with Crippen LogP contribution in [0.3, 0.4) is 0 Å². The molecule has 5 nitrogen and oxygen atoms in total. The lowest BCUT2D eigenvalue weighted by atomic mass is 9.70. The molecule has 110 valence electrons. The van der Waals surface area contributed by atoms with Crippen LogP contribution in [-0.2, 0) is 6.54 Å². The van der Waals surface area contributed by atoms with Crippen molar-refractivity contribution in [3.05, 3.63) is 42.0 Å². The van der Waals surface area contributed by atoms with E-state index >= 15 is 0 Å². The van der Waals surface area contributed by atoms with E-state index in [0.29, 0.717) is 5.41 Å². The molecule has 1 N–H and O–H groups in total. The summed E-state index contributed by atoms with van der Waals surface area (Å²) in [6, 6.07) is 0. The third-order valence-electron chi connectivity index (χ3n) is 4.51. The Hall–Kier alpha value is -1.69. The van der Waals surface area contributed by atoms with Crippen LogP contribution in [0.1, 0.15) is 37.1 Å². The van der Waals surface area contributed by atoms with Crippen LogP contribution in [0.15, 0.2) is 36.4 Å². The van der Waals surface area contributed by atoms with Crippen LogP contribution in [0.4, 0.5) is 5.69 Å². The minimum absolute atomic E-state index is 0.251. The molecule has 1 aliphatic carbocycles. The van der Waals surface area contributed by atoms with Gasteiger partial charge in [-0.3, -0.25) is 9.78 Å². The molecule has 1 unspecified atom stereocenters. The van der Waals surface area contributed by atoms with Crippen LogP contribution in [0, 0.1) is 5.41 Å². The minimum Gasteiger partial charge on any atom is -0.328 e. The fraction of sp³-hybridized carbons (Fsp3) is 0.467. The molecule has 4 rings (SSSR count). The number of aromatic nitrogens is 4. The lowest BCUT2D eigenvalue weighted by Crippen LogP contribution is -2.30. The number of thioether (sulfide) groups is 1. The molecule has 0 spiro atoms. The summed E-state index contributed by atoms with van der Waals surface area (Å²) in [5.41, 5.74) is 2.78. The average molecular weight is 301 g/mol. The Labute approximate surface area is 128 Å². The third-order valence-corrected chi connectivity index (χ3v) is 5.54. The van der Waals surface area contributed by atoms with E-state index in [0.717, 1.165) is 12.2 Å². The van der Waals surface area contributed by atoms with Gasteiger partial charge in [0.15, 0.2) is 0 Å². The maximum absolute atomic E-state index is 4.55. The number of nitrogens with one attached hydrogen (secondary N) is 1. The Morgan fingerprint density at radius 3 is 3.05 bits per heavy atom. The monoisotopic (exact) mass is 301 g/mol. The van der Waals surface area contributed by atoms with Gasteiger partial charge in [0, 0.05) is 30.7 Å². The van der Waals surface area contributed by atoms with Crippen LogP contribution in [0.25, 0.3) is 0 Å². The highest BCUT2D eigenvalue weighted by Crippen LogP contribution is 2.43. The predicted octanol–water partition coefficient (Wildman–Crippen LogP) is 3.52. The Balaban J connectivity index is 1.53. The molecule has 2 aromatic heterocycles. The van der Waals surface area contributed by atoms with Crippen molar-refractivity contribution in [3.63, 3.8) is 0 Å². The highest BCUT2D eigenvalue weighted by atomic mass is 32.2. The van der Waals surface area contributed by atoms with Crippen molar-refractivity contribution in [2.75, 3.05) is 4.90 Å². The Bertz CT molecular complexity index is 641. The first kappa shape index (κ1) is 13.0.